The van der Waals surface area contributed by atoms with Crippen molar-refractivity contribution in [2.75, 3.05) is 7.05 Å². The number of aromatic nitrogens is 1. The van der Waals surface area contributed by atoms with Gasteiger partial charge in [-0.2, -0.15) is 0 Å². The largest absolute Gasteiger partial charge is 0.313 e. The van der Waals surface area contributed by atoms with Crippen molar-refractivity contribution < 1.29 is 4.39 Å². The molecular formula is C12H17FN2. The van der Waals surface area contributed by atoms with Crippen LogP contribution in [0.25, 0.3) is 0 Å². The number of nitrogens with one attached hydrogen (secondary N) is 1. The molecule has 0 radical (unpaired) electrons. The predicted molar refractivity (Wildman–Crippen MR) is 60.0 cm³/mol. The van der Waals surface area contributed by atoms with Gasteiger partial charge in [-0.05, 0) is 38.4 Å². The summed E-state index contributed by atoms with van der Waals surface area (Å²) in [7, 11) is 1.87. The minimum Gasteiger partial charge on any atom is -0.313 e. The van der Waals surface area contributed by atoms with E-state index in [1.807, 2.05) is 14.0 Å². The summed E-state index contributed by atoms with van der Waals surface area (Å²) in [5.41, 5.74) is 2.03. The highest BCUT2D eigenvalue weighted by Crippen LogP contribution is 2.19. The molecule has 1 unspecified atom stereocenters. The number of hydrogen-bond acceptors (Lipinski definition) is 2. The predicted octanol–water partition coefficient (Wildman–Crippen LogP) is 2.84. The van der Waals surface area contributed by atoms with Crippen LogP contribution < -0.4 is 5.32 Å². The number of allylic oxidation sites excluding steroid dienone is 1. The lowest BCUT2D eigenvalue weighted by atomic mass is 10.0. The van der Waals surface area contributed by atoms with Crippen molar-refractivity contribution in [3.8, 4) is 0 Å². The van der Waals surface area contributed by atoms with Crippen LogP contribution in [0.5, 0.6) is 0 Å². The molecule has 0 amide bonds. The van der Waals surface area contributed by atoms with Gasteiger partial charge in [0.1, 0.15) is 5.82 Å². The molecule has 0 aliphatic heterocycles. The zero-order chi connectivity index (χ0) is 11.3. The van der Waals surface area contributed by atoms with Crippen molar-refractivity contribution >= 4 is 0 Å². The quantitative estimate of drug-likeness (QED) is 0.753. The molecule has 2 nitrogen and oxygen atoms in total. The van der Waals surface area contributed by atoms with Gasteiger partial charge in [0, 0.05) is 12.2 Å². The Bertz CT molecular complexity index is 336. The van der Waals surface area contributed by atoms with Crippen molar-refractivity contribution in [3.63, 3.8) is 0 Å². The van der Waals surface area contributed by atoms with Crippen LogP contribution in [0.1, 0.15) is 31.4 Å². The average Bonchev–Trinajstić information content (AvgIpc) is 2.18. The molecule has 1 aromatic rings. The van der Waals surface area contributed by atoms with Crippen molar-refractivity contribution in [1.29, 1.82) is 0 Å². The van der Waals surface area contributed by atoms with E-state index in [0.717, 1.165) is 24.0 Å². The summed E-state index contributed by atoms with van der Waals surface area (Å²) in [5, 5.41) is 3.15. The first-order chi connectivity index (χ1) is 7.13. The molecule has 82 valence electrons. The van der Waals surface area contributed by atoms with Gasteiger partial charge in [0.25, 0.3) is 0 Å². The summed E-state index contributed by atoms with van der Waals surface area (Å²) in [4.78, 5) is 3.84. The molecule has 3 heteroatoms. The van der Waals surface area contributed by atoms with Gasteiger partial charge in [0.2, 0.25) is 0 Å². The first kappa shape index (κ1) is 11.9. The molecule has 0 aromatic carbocycles. The summed E-state index contributed by atoms with van der Waals surface area (Å²) in [6.45, 7) is 5.85. The fourth-order valence-electron chi connectivity index (χ4n) is 1.49. The smallest absolute Gasteiger partial charge is 0.141 e. The lowest BCUT2D eigenvalue weighted by molar-refractivity contribution is 0.538. The monoisotopic (exact) mass is 208 g/mol. The third-order valence-electron chi connectivity index (χ3n) is 2.34. The fourth-order valence-corrected chi connectivity index (χ4v) is 1.49. The molecule has 0 saturated carbocycles. The number of nitrogens with zero attached hydrogens (tertiary/aromatic N) is 1. The van der Waals surface area contributed by atoms with Crippen LogP contribution in [0.3, 0.4) is 0 Å². The van der Waals surface area contributed by atoms with Crippen molar-refractivity contribution in [2.24, 2.45) is 0 Å². The van der Waals surface area contributed by atoms with E-state index >= 15 is 0 Å². The molecule has 1 rings (SSSR count). The molecule has 15 heavy (non-hydrogen) atoms. The normalized spacial score (nSPS) is 12.5. The first-order valence-corrected chi connectivity index (χ1v) is 5.05. The van der Waals surface area contributed by atoms with Gasteiger partial charge in [-0.25, -0.2) is 4.39 Å². The molecule has 1 heterocycles. The highest BCUT2D eigenvalue weighted by molar-refractivity contribution is 5.15. The minimum absolute atomic E-state index is 0.143. The Kier molecular flexibility index (Phi) is 4.43. The molecule has 0 bridgehead atoms. The second-order valence-corrected chi connectivity index (χ2v) is 3.77. The molecule has 0 saturated heterocycles. The van der Waals surface area contributed by atoms with E-state index in [4.69, 9.17) is 0 Å². The summed E-state index contributed by atoms with van der Waals surface area (Å²) in [6, 6.07) is 1.66. The second-order valence-electron chi connectivity index (χ2n) is 3.77. The van der Waals surface area contributed by atoms with E-state index < -0.39 is 0 Å². The standard InChI is InChI=1S/C12H17FN2/c1-9(2)4-5-12(14-3)10-6-11(13)8-15-7-10/h6-8,12,14H,1,4-5H2,2-3H3. The van der Waals surface area contributed by atoms with E-state index in [2.05, 4.69) is 16.9 Å². The Morgan fingerprint density at radius 3 is 2.87 bits per heavy atom. The Balaban J connectivity index is 2.69. The Hall–Kier alpha value is -1.22. The highest BCUT2D eigenvalue weighted by Gasteiger charge is 2.09. The number of pyridine rings is 1. The van der Waals surface area contributed by atoms with Crippen LogP contribution in [0, 0.1) is 5.82 Å². The molecule has 1 atom stereocenters. The molecule has 0 spiro atoms. The van der Waals surface area contributed by atoms with Crippen LogP contribution in [0.4, 0.5) is 4.39 Å². The van der Waals surface area contributed by atoms with Crippen LogP contribution >= 0.6 is 0 Å². The van der Waals surface area contributed by atoms with Gasteiger partial charge in [0.15, 0.2) is 0 Å². The Morgan fingerprint density at radius 1 is 1.60 bits per heavy atom. The fraction of sp³-hybridized carbons (Fsp3) is 0.417. The molecular weight excluding hydrogens is 191 g/mol. The maximum atomic E-state index is 13.0. The van der Waals surface area contributed by atoms with Gasteiger partial charge < -0.3 is 5.32 Å². The maximum Gasteiger partial charge on any atom is 0.141 e. The second kappa shape index (κ2) is 5.61. The van der Waals surface area contributed by atoms with Crippen molar-refractivity contribution in [2.45, 2.75) is 25.8 Å². The first-order valence-electron chi connectivity index (χ1n) is 5.05. The van der Waals surface area contributed by atoms with Crippen molar-refractivity contribution in [3.05, 3.63) is 42.0 Å². The molecule has 0 aliphatic rings. The van der Waals surface area contributed by atoms with Crippen LogP contribution in [-0.4, -0.2) is 12.0 Å². The van der Waals surface area contributed by atoms with Crippen LogP contribution in [0.15, 0.2) is 30.6 Å². The third-order valence-corrected chi connectivity index (χ3v) is 2.34. The summed E-state index contributed by atoms with van der Waals surface area (Å²) < 4.78 is 13.0. The summed E-state index contributed by atoms with van der Waals surface area (Å²) in [5.74, 6) is -0.289. The number of hydrogen-bond donors (Lipinski definition) is 1. The SMILES string of the molecule is C=C(C)CCC(NC)c1cncc(F)c1. The highest BCUT2D eigenvalue weighted by atomic mass is 19.1. The van der Waals surface area contributed by atoms with Gasteiger partial charge in [-0.15, -0.1) is 6.58 Å². The lowest BCUT2D eigenvalue weighted by Gasteiger charge is -2.16. The van der Waals surface area contributed by atoms with Gasteiger partial charge in [-0.3, -0.25) is 4.98 Å². The van der Waals surface area contributed by atoms with Crippen LogP contribution in [0.2, 0.25) is 0 Å². The van der Waals surface area contributed by atoms with E-state index in [1.165, 1.54) is 12.3 Å². The number of halogens is 1. The van der Waals surface area contributed by atoms with E-state index in [0.29, 0.717) is 0 Å². The van der Waals surface area contributed by atoms with Gasteiger partial charge in [-0.1, -0.05) is 5.57 Å². The van der Waals surface area contributed by atoms with Crippen LogP contribution in [-0.2, 0) is 0 Å². The molecule has 0 aliphatic carbocycles. The molecule has 0 fully saturated rings. The third kappa shape index (κ3) is 3.80. The zero-order valence-electron chi connectivity index (χ0n) is 9.26. The molecule has 1 N–H and O–H groups in total. The van der Waals surface area contributed by atoms with E-state index in [-0.39, 0.29) is 11.9 Å². The van der Waals surface area contributed by atoms with E-state index in [9.17, 15) is 4.39 Å². The van der Waals surface area contributed by atoms with E-state index in [1.54, 1.807) is 6.20 Å². The maximum absolute atomic E-state index is 13.0. The minimum atomic E-state index is -0.289. The summed E-state index contributed by atoms with van der Waals surface area (Å²) in [6.07, 6.45) is 4.76. The molecule has 1 aromatic heterocycles. The van der Waals surface area contributed by atoms with Gasteiger partial charge in [0.05, 0.1) is 6.20 Å². The van der Waals surface area contributed by atoms with Gasteiger partial charge >= 0.3 is 0 Å². The lowest BCUT2D eigenvalue weighted by Crippen LogP contribution is -2.16. The Morgan fingerprint density at radius 2 is 2.33 bits per heavy atom. The average molecular weight is 208 g/mol. The topological polar surface area (TPSA) is 24.9 Å². The zero-order valence-corrected chi connectivity index (χ0v) is 9.26. The number of rotatable bonds is 5. The summed E-state index contributed by atoms with van der Waals surface area (Å²) >= 11 is 0. The Labute approximate surface area is 90.2 Å². The van der Waals surface area contributed by atoms with Crippen molar-refractivity contribution in [1.82, 2.24) is 10.3 Å².